The van der Waals surface area contributed by atoms with Crippen LogP contribution in [0, 0.1) is 0 Å². The van der Waals surface area contributed by atoms with Gasteiger partial charge in [0, 0.05) is 11.8 Å². The highest BCUT2D eigenvalue weighted by Gasteiger charge is 2.15. The molecule has 2 N–H and O–H groups in total. The number of carboxylic acid groups (broad SMARTS) is 1. The average Bonchev–Trinajstić information content (AvgIpc) is 1.98. The van der Waals surface area contributed by atoms with E-state index in [-0.39, 0.29) is 11.8 Å². The minimum Gasteiger partial charge on any atom is -0.480 e. The number of hydrogen-bond donors (Lipinski definition) is 2. The molecule has 0 radical (unpaired) electrons. The quantitative estimate of drug-likeness (QED) is 0.653. The first-order valence-corrected chi connectivity index (χ1v) is 6.53. The van der Waals surface area contributed by atoms with Gasteiger partial charge >= 0.3 is 5.97 Å². The molecule has 0 aliphatic carbocycles. The zero-order valence-corrected chi connectivity index (χ0v) is 9.11. The molecule has 78 valence electrons. The van der Waals surface area contributed by atoms with Gasteiger partial charge in [0.15, 0.2) is 5.75 Å². The minimum atomic E-state index is -3.65. The van der Waals surface area contributed by atoms with Crippen molar-refractivity contribution in [3.63, 3.8) is 0 Å². The lowest BCUT2D eigenvalue weighted by atomic mass is 10.5. The van der Waals surface area contributed by atoms with Gasteiger partial charge in [0.25, 0.3) is 0 Å². The number of sulfonamides is 1. The van der Waals surface area contributed by atoms with Gasteiger partial charge in [-0.2, -0.15) is 11.8 Å². The highest BCUT2D eigenvalue weighted by Crippen LogP contribution is 2.03. The van der Waals surface area contributed by atoms with Crippen LogP contribution in [0.5, 0.6) is 0 Å². The van der Waals surface area contributed by atoms with Crippen molar-refractivity contribution in [3.05, 3.63) is 0 Å². The van der Waals surface area contributed by atoms with Crippen molar-refractivity contribution < 1.29 is 18.3 Å². The number of aliphatic carboxylic acids is 1. The van der Waals surface area contributed by atoms with Gasteiger partial charge in [0.05, 0.1) is 0 Å². The van der Waals surface area contributed by atoms with Crippen LogP contribution in [0.2, 0.25) is 0 Å². The van der Waals surface area contributed by atoms with E-state index in [9.17, 15) is 13.2 Å². The summed E-state index contributed by atoms with van der Waals surface area (Å²) in [6.45, 7) is 2.12. The van der Waals surface area contributed by atoms with E-state index >= 15 is 0 Å². The number of thioether (sulfide) groups is 1. The Morgan fingerprint density at radius 2 is 2.15 bits per heavy atom. The molecule has 0 spiro atoms. The van der Waals surface area contributed by atoms with Crippen molar-refractivity contribution >= 4 is 27.8 Å². The number of nitrogens with one attached hydrogen (secondary N) is 1. The normalized spacial score (nSPS) is 14.0. The van der Waals surface area contributed by atoms with E-state index in [4.69, 9.17) is 5.11 Å². The van der Waals surface area contributed by atoms with Crippen LogP contribution in [0.4, 0.5) is 0 Å². The predicted molar refractivity (Wildman–Crippen MR) is 52.4 cm³/mol. The average molecular weight is 227 g/mol. The lowest BCUT2D eigenvalue weighted by Gasteiger charge is -2.08. The van der Waals surface area contributed by atoms with Crippen molar-refractivity contribution in [1.29, 1.82) is 0 Å². The van der Waals surface area contributed by atoms with E-state index in [1.54, 1.807) is 0 Å². The summed E-state index contributed by atoms with van der Waals surface area (Å²) >= 11 is 1.51. The molecule has 0 aromatic carbocycles. The van der Waals surface area contributed by atoms with Crippen LogP contribution >= 0.6 is 11.8 Å². The van der Waals surface area contributed by atoms with Crippen LogP contribution in [0.25, 0.3) is 0 Å². The second kappa shape index (κ2) is 5.46. The molecule has 0 rings (SSSR count). The molecule has 1 atom stereocenters. The second-order valence-electron chi connectivity index (χ2n) is 2.55. The molecule has 5 nitrogen and oxygen atoms in total. The van der Waals surface area contributed by atoms with Crippen molar-refractivity contribution in [2.75, 3.05) is 18.6 Å². The van der Waals surface area contributed by atoms with Crippen LogP contribution in [0.15, 0.2) is 0 Å². The maximum atomic E-state index is 11.0. The van der Waals surface area contributed by atoms with Crippen molar-refractivity contribution in [3.8, 4) is 0 Å². The molecular weight excluding hydrogens is 214 g/mol. The van der Waals surface area contributed by atoms with E-state index in [0.29, 0.717) is 0 Å². The summed E-state index contributed by atoms with van der Waals surface area (Å²) in [6, 6.07) is 0. The zero-order chi connectivity index (χ0) is 10.5. The van der Waals surface area contributed by atoms with E-state index < -0.39 is 21.7 Å². The third-order valence-electron chi connectivity index (χ3n) is 1.31. The molecule has 1 unspecified atom stereocenters. The molecule has 0 aliphatic rings. The summed E-state index contributed by atoms with van der Waals surface area (Å²) < 4.78 is 24.1. The summed E-state index contributed by atoms with van der Waals surface area (Å²) in [5.41, 5.74) is 0. The van der Waals surface area contributed by atoms with Crippen molar-refractivity contribution in [2.24, 2.45) is 0 Å². The van der Waals surface area contributed by atoms with Crippen molar-refractivity contribution in [2.45, 2.75) is 12.2 Å². The van der Waals surface area contributed by atoms with Crippen LogP contribution < -0.4 is 4.72 Å². The molecule has 7 heteroatoms. The standard InChI is InChI=1S/C6H13NO4S2/c1-5(12-2)3-7-13(10,11)4-6(8)9/h5,7H,3-4H2,1-2H3,(H,8,9). The number of rotatable bonds is 6. The summed E-state index contributed by atoms with van der Waals surface area (Å²) in [5, 5.41) is 8.39. The highest BCUT2D eigenvalue weighted by molar-refractivity contribution is 7.99. The Balaban J connectivity index is 3.97. The lowest BCUT2D eigenvalue weighted by Crippen LogP contribution is -2.33. The van der Waals surface area contributed by atoms with Crippen LogP contribution in [0.3, 0.4) is 0 Å². The number of hydrogen-bond acceptors (Lipinski definition) is 4. The first kappa shape index (κ1) is 12.7. The van der Waals surface area contributed by atoms with E-state index in [1.165, 1.54) is 11.8 Å². The molecule has 13 heavy (non-hydrogen) atoms. The molecule has 0 aromatic heterocycles. The van der Waals surface area contributed by atoms with Gasteiger partial charge in [-0.05, 0) is 6.26 Å². The molecule has 0 fully saturated rings. The fourth-order valence-electron chi connectivity index (χ4n) is 0.541. The smallest absolute Gasteiger partial charge is 0.320 e. The topological polar surface area (TPSA) is 83.5 Å². The van der Waals surface area contributed by atoms with Crippen LogP contribution in [0.1, 0.15) is 6.92 Å². The minimum absolute atomic E-state index is 0.142. The summed E-state index contributed by atoms with van der Waals surface area (Å²) in [6.07, 6.45) is 1.86. The van der Waals surface area contributed by atoms with Crippen LogP contribution in [-0.4, -0.2) is 43.3 Å². The van der Waals surface area contributed by atoms with Gasteiger partial charge in [-0.15, -0.1) is 0 Å². The predicted octanol–water partition coefficient (Wildman–Crippen LogP) is -0.258. The Labute approximate surface area is 82.0 Å². The fraction of sp³-hybridized carbons (Fsp3) is 0.833. The summed E-state index contributed by atoms with van der Waals surface area (Å²) in [4.78, 5) is 10.1. The van der Waals surface area contributed by atoms with E-state index in [0.717, 1.165) is 0 Å². The Morgan fingerprint density at radius 3 is 2.54 bits per heavy atom. The maximum absolute atomic E-state index is 11.0. The SMILES string of the molecule is CSC(C)CNS(=O)(=O)CC(=O)O. The molecule has 0 bridgehead atoms. The molecule has 0 amide bonds. The molecule has 0 saturated carbocycles. The summed E-state index contributed by atoms with van der Waals surface area (Å²) in [7, 11) is -3.65. The zero-order valence-electron chi connectivity index (χ0n) is 7.48. The Kier molecular flexibility index (Phi) is 5.34. The lowest BCUT2D eigenvalue weighted by molar-refractivity contribution is -0.134. The molecule has 0 saturated heterocycles. The molecule has 0 aliphatic heterocycles. The Hall–Kier alpha value is -0.270. The Bertz CT molecular complexity index is 262. The largest absolute Gasteiger partial charge is 0.480 e. The second-order valence-corrected chi connectivity index (χ2v) is 5.63. The van der Waals surface area contributed by atoms with Gasteiger partial charge in [-0.1, -0.05) is 6.92 Å². The van der Waals surface area contributed by atoms with E-state index in [2.05, 4.69) is 4.72 Å². The maximum Gasteiger partial charge on any atom is 0.320 e. The van der Waals surface area contributed by atoms with Crippen LogP contribution in [-0.2, 0) is 14.8 Å². The molecule has 0 heterocycles. The fourth-order valence-corrected chi connectivity index (χ4v) is 1.83. The third kappa shape index (κ3) is 6.85. The number of carbonyl (C=O) groups is 1. The molecule has 0 aromatic rings. The number of carboxylic acids is 1. The van der Waals surface area contributed by atoms with Gasteiger partial charge in [-0.3, -0.25) is 4.79 Å². The summed E-state index contributed by atoms with van der Waals surface area (Å²) in [5.74, 6) is -2.21. The van der Waals surface area contributed by atoms with Crippen molar-refractivity contribution in [1.82, 2.24) is 4.72 Å². The van der Waals surface area contributed by atoms with Gasteiger partial charge < -0.3 is 5.11 Å². The first-order chi connectivity index (χ1) is 5.87. The Morgan fingerprint density at radius 1 is 1.62 bits per heavy atom. The van der Waals surface area contributed by atoms with Gasteiger partial charge in [-0.25, -0.2) is 13.1 Å². The first-order valence-electron chi connectivity index (χ1n) is 3.59. The van der Waals surface area contributed by atoms with Gasteiger partial charge in [0.2, 0.25) is 10.0 Å². The van der Waals surface area contributed by atoms with Gasteiger partial charge in [0.1, 0.15) is 0 Å². The monoisotopic (exact) mass is 227 g/mol. The highest BCUT2D eigenvalue weighted by atomic mass is 32.2. The third-order valence-corrected chi connectivity index (χ3v) is 3.51. The molecular formula is C6H13NO4S2. The van der Waals surface area contributed by atoms with E-state index in [1.807, 2.05) is 13.2 Å².